The van der Waals surface area contributed by atoms with Crippen molar-refractivity contribution in [3.05, 3.63) is 65.7 Å². The molecule has 3 rings (SSSR count). The first-order chi connectivity index (χ1) is 13.9. The Morgan fingerprint density at radius 1 is 0.897 bits per heavy atom. The summed E-state index contributed by atoms with van der Waals surface area (Å²) in [6, 6.07) is 13.7. The molecule has 2 aromatic rings. The van der Waals surface area contributed by atoms with Crippen molar-refractivity contribution in [2.24, 2.45) is 0 Å². The minimum absolute atomic E-state index is 0.0582. The summed E-state index contributed by atoms with van der Waals surface area (Å²) in [7, 11) is 1.25. The van der Waals surface area contributed by atoms with E-state index in [1.807, 2.05) is 0 Å². The van der Waals surface area contributed by atoms with E-state index in [0.717, 1.165) is 4.90 Å². The van der Waals surface area contributed by atoms with Crippen LogP contribution < -0.4 is 5.32 Å². The Morgan fingerprint density at radius 2 is 1.52 bits per heavy atom. The lowest BCUT2D eigenvalue weighted by molar-refractivity contribution is -0.143. The molecule has 0 aliphatic carbocycles. The van der Waals surface area contributed by atoms with E-state index in [0.29, 0.717) is 21.7 Å². The fourth-order valence-electron chi connectivity index (χ4n) is 2.75. The third-order valence-electron chi connectivity index (χ3n) is 4.21. The second-order valence-corrected chi connectivity index (χ2v) is 6.17. The number of anilines is 1. The number of imide groups is 2. The third kappa shape index (κ3) is 4.29. The van der Waals surface area contributed by atoms with E-state index in [-0.39, 0.29) is 6.54 Å². The fraction of sp³-hybridized carbons (Fsp3) is 0.150. The van der Waals surface area contributed by atoms with Gasteiger partial charge in [0.2, 0.25) is 5.91 Å². The number of hydrogen-bond donors (Lipinski definition) is 1. The van der Waals surface area contributed by atoms with Gasteiger partial charge in [0.1, 0.15) is 6.54 Å². The standard InChI is InChI=1S/C20H17N3O6/c1-29-19(27)14-7-9-15(10-8-14)21-16(24)12-23-18(26)17(25)22(20(23)28)11-13-5-3-2-4-6-13/h2-10H,11-12H2,1H3,(H,21,24). The van der Waals surface area contributed by atoms with Crippen LogP contribution in [-0.4, -0.2) is 53.2 Å². The van der Waals surface area contributed by atoms with Gasteiger partial charge in [-0.1, -0.05) is 30.3 Å². The molecular weight excluding hydrogens is 378 g/mol. The molecule has 1 heterocycles. The van der Waals surface area contributed by atoms with Gasteiger partial charge in [0, 0.05) is 5.69 Å². The average molecular weight is 395 g/mol. The largest absolute Gasteiger partial charge is 0.465 e. The molecule has 148 valence electrons. The van der Waals surface area contributed by atoms with Gasteiger partial charge < -0.3 is 10.1 Å². The fourth-order valence-corrected chi connectivity index (χ4v) is 2.75. The minimum atomic E-state index is -1.05. The predicted molar refractivity (Wildman–Crippen MR) is 101 cm³/mol. The Morgan fingerprint density at radius 3 is 2.14 bits per heavy atom. The first-order valence-electron chi connectivity index (χ1n) is 8.60. The van der Waals surface area contributed by atoms with E-state index in [4.69, 9.17) is 0 Å². The average Bonchev–Trinajstić information content (AvgIpc) is 2.92. The third-order valence-corrected chi connectivity index (χ3v) is 4.21. The van der Waals surface area contributed by atoms with Crippen molar-refractivity contribution in [3.63, 3.8) is 0 Å². The molecule has 1 aliphatic heterocycles. The summed E-state index contributed by atoms with van der Waals surface area (Å²) < 4.78 is 4.59. The number of carbonyl (C=O) groups is 5. The molecule has 1 aliphatic rings. The number of urea groups is 1. The number of carbonyl (C=O) groups excluding carboxylic acids is 5. The van der Waals surface area contributed by atoms with Crippen LogP contribution in [0.4, 0.5) is 10.5 Å². The maximum absolute atomic E-state index is 12.5. The Labute approximate surface area is 165 Å². The lowest BCUT2D eigenvalue weighted by Crippen LogP contribution is -2.38. The normalized spacial score (nSPS) is 13.6. The van der Waals surface area contributed by atoms with E-state index < -0.39 is 36.3 Å². The molecule has 0 unspecified atom stereocenters. The van der Waals surface area contributed by atoms with E-state index in [1.165, 1.54) is 31.4 Å². The second-order valence-electron chi connectivity index (χ2n) is 6.17. The van der Waals surface area contributed by atoms with E-state index in [2.05, 4.69) is 10.1 Å². The Bertz CT molecular complexity index is 971. The number of rotatable bonds is 6. The van der Waals surface area contributed by atoms with Gasteiger partial charge in [0.15, 0.2) is 0 Å². The zero-order valence-corrected chi connectivity index (χ0v) is 15.5. The van der Waals surface area contributed by atoms with Crippen LogP contribution in [0.1, 0.15) is 15.9 Å². The van der Waals surface area contributed by atoms with Crippen LogP contribution in [0.5, 0.6) is 0 Å². The molecule has 29 heavy (non-hydrogen) atoms. The van der Waals surface area contributed by atoms with Gasteiger partial charge in [-0.2, -0.15) is 0 Å². The minimum Gasteiger partial charge on any atom is -0.465 e. The van der Waals surface area contributed by atoms with Crippen LogP contribution in [-0.2, 0) is 25.7 Å². The zero-order chi connectivity index (χ0) is 21.0. The van der Waals surface area contributed by atoms with Crippen LogP contribution in [0, 0.1) is 0 Å². The summed E-state index contributed by atoms with van der Waals surface area (Å²) in [4.78, 5) is 61.8. The van der Waals surface area contributed by atoms with Gasteiger partial charge in [-0.25, -0.2) is 14.5 Å². The topological polar surface area (TPSA) is 113 Å². The zero-order valence-electron chi connectivity index (χ0n) is 15.5. The Kier molecular flexibility index (Phi) is 5.68. The highest BCUT2D eigenvalue weighted by atomic mass is 16.5. The van der Waals surface area contributed by atoms with Crippen molar-refractivity contribution in [3.8, 4) is 0 Å². The van der Waals surface area contributed by atoms with Gasteiger partial charge in [-0.3, -0.25) is 19.3 Å². The Hall–Kier alpha value is -4.01. The van der Waals surface area contributed by atoms with Crippen molar-refractivity contribution in [2.75, 3.05) is 19.0 Å². The summed E-state index contributed by atoms with van der Waals surface area (Å²) in [5.41, 5.74) is 1.34. The van der Waals surface area contributed by atoms with Gasteiger partial charge in [0.25, 0.3) is 0 Å². The quantitative estimate of drug-likeness (QED) is 0.449. The monoisotopic (exact) mass is 395 g/mol. The van der Waals surface area contributed by atoms with Crippen molar-refractivity contribution in [2.45, 2.75) is 6.54 Å². The highest BCUT2D eigenvalue weighted by Crippen LogP contribution is 2.16. The van der Waals surface area contributed by atoms with Crippen molar-refractivity contribution < 1.29 is 28.7 Å². The second kappa shape index (κ2) is 8.34. The van der Waals surface area contributed by atoms with Crippen LogP contribution in [0.25, 0.3) is 0 Å². The molecule has 0 spiro atoms. The first kappa shape index (κ1) is 19.7. The number of amides is 5. The van der Waals surface area contributed by atoms with E-state index >= 15 is 0 Å². The smallest absolute Gasteiger partial charge is 0.337 e. The molecule has 0 radical (unpaired) electrons. The van der Waals surface area contributed by atoms with Crippen LogP contribution in [0.2, 0.25) is 0 Å². The van der Waals surface area contributed by atoms with E-state index in [9.17, 15) is 24.0 Å². The molecule has 5 amide bonds. The van der Waals surface area contributed by atoms with Gasteiger partial charge >= 0.3 is 23.8 Å². The SMILES string of the molecule is COC(=O)c1ccc(NC(=O)CN2C(=O)C(=O)N(Cc3ccccc3)C2=O)cc1. The molecule has 0 aromatic heterocycles. The molecule has 0 atom stereocenters. The molecule has 9 nitrogen and oxygen atoms in total. The highest BCUT2D eigenvalue weighted by Gasteiger charge is 2.45. The maximum atomic E-state index is 12.5. The summed E-state index contributed by atoms with van der Waals surface area (Å²) in [5.74, 6) is -3.21. The number of benzene rings is 2. The predicted octanol–water partition coefficient (Wildman–Crippen LogP) is 1.40. The van der Waals surface area contributed by atoms with Crippen LogP contribution in [0.3, 0.4) is 0 Å². The van der Waals surface area contributed by atoms with Gasteiger partial charge in [0.05, 0.1) is 19.2 Å². The molecule has 0 bridgehead atoms. The summed E-state index contributed by atoms with van der Waals surface area (Å²) in [6.07, 6.45) is 0. The summed E-state index contributed by atoms with van der Waals surface area (Å²) in [6.45, 7) is -0.662. The van der Waals surface area contributed by atoms with E-state index in [1.54, 1.807) is 30.3 Å². The highest BCUT2D eigenvalue weighted by molar-refractivity contribution is 6.45. The molecule has 9 heteroatoms. The van der Waals surface area contributed by atoms with Gasteiger partial charge in [-0.05, 0) is 29.8 Å². The first-order valence-corrected chi connectivity index (χ1v) is 8.60. The number of hydrogen-bond acceptors (Lipinski definition) is 6. The maximum Gasteiger partial charge on any atom is 0.337 e. The molecule has 1 saturated heterocycles. The lowest BCUT2D eigenvalue weighted by Gasteiger charge is -2.15. The summed E-state index contributed by atoms with van der Waals surface area (Å²) >= 11 is 0. The Balaban J connectivity index is 1.64. The number of nitrogens with one attached hydrogen (secondary N) is 1. The molecule has 1 fully saturated rings. The van der Waals surface area contributed by atoms with Crippen LogP contribution >= 0.6 is 0 Å². The summed E-state index contributed by atoms with van der Waals surface area (Å²) in [5, 5.41) is 2.51. The van der Waals surface area contributed by atoms with Gasteiger partial charge in [-0.15, -0.1) is 0 Å². The number of nitrogens with zero attached hydrogens (tertiary/aromatic N) is 2. The molecule has 2 aromatic carbocycles. The molecular formula is C20H17N3O6. The molecule has 0 saturated carbocycles. The molecule has 1 N–H and O–H groups in total. The lowest BCUT2D eigenvalue weighted by atomic mass is 10.2. The number of esters is 1. The number of methoxy groups -OCH3 is 1. The van der Waals surface area contributed by atoms with Crippen LogP contribution in [0.15, 0.2) is 54.6 Å². The number of ether oxygens (including phenoxy) is 1. The van der Waals surface area contributed by atoms with Crippen molar-refractivity contribution in [1.82, 2.24) is 9.80 Å². The van der Waals surface area contributed by atoms with Crippen molar-refractivity contribution in [1.29, 1.82) is 0 Å². The van der Waals surface area contributed by atoms with Crippen molar-refractivity contribution >= 4 is 35.4 Å².